The summed E-state index contributed by atoms with van der Waals surface area (Å²) in [5.74, 6) is -1.43. The van der Waals surface area contributed by atoms with Crippen molar-refractivity contribution in [3.8, 4) is 0 Å². The normalized spacial score (nSPS) is 49.8. The molecule has 0 radical (unpaired) electrons. The quantitative estimate of drug-likeness (QED) is 0.259. The van der Waals surface area contributed by atoms with Crippen LogP contribution >= 0.6 is 0 Å². The second kappa shape index (κ2) is 7.56. The second-order valence-corrected chi connectivity index (χ2v) is 5.97. The van der Waals surface area contributed by atoms with Crippen molar-refractivity contribution in [3.05, 3.63) is 0 Å². The number of carbonyl (C=O) groups is 1. The molecule has 0 aliphatic carbocycles. The summed E-state index contributed by atoms with van der Waals surface area (Å²) in [6.07, 6.45) is -12.7. The predicted octanol–water partition coefficient (Wildman–Crippen LogP) is -4.27. The average molecular weight is 353 g/mol. The van der Waals surface area contributed by atoms with Crippen LogP contribution in [0.4, 0.5) is 0 Å². The molecule has 2 aliphatic rings. The molecular formula is C13H23NO10. The third kappa shape index (κ3) is 3.54. The van der Waals surface area contributed by atoms with Crippen LogP contribution in [0.15, 0.2) is 0 Å². The molecule has 0 aromatic carbocycles. The molecule has 10 atom stereocenters. The Hall–Kier alpha value is -0.890. The number of carboxylic acid groups (broad SMARTS) is 1. The van der Waals surface area contributed by atoms with Gasteiger partial charge >= 0.3 is 5.97 Å². The van der Waals surface area contributed by atoms with Crippen LogP contribution in [0.1, 0.15) is 6.92 Å². The highest BCUT2D eigenvalue weighted by Gasteiger charge is 2.51. The van der Waals surface area contributed by atoms with Gasteiger partial charge in [-0.05, 0) is 6.92 Å². The lowest BCUT2D eigenvalue weighted by Crippen LogP contribution is -2.66. The smallest absolute Gasteiger partial charge is 0.335 e. The minimum absolute atomic E-state index is 0.642. The van der Waals surface area contributed by atoms with Crippen LogP contribution in [0.25, 0.3) is 0 Å². The Bertz CT molecular complexity index is 448. The van der Waals surface area contributed by atoms with E-state index in [4.69, 9.17) is 25.1 Å². The topological polar surface area (TPSA) is 192 Å². The van der Waals surface area contributed by atoms with Crippen molar-refractivity contribution in [2.45, 2.75) is 68.1 Å². The van der Waals surface area contributed by atoms with Gasteiger partial charge < -0.3 is 50.6 Å². The Kier molecular flexibility index (Phi) is 6.12. The number of nitrogens with two attached hydrogens (primary N) is 1. The van der Waals surface area contributed by atoms with Crippen molar-refractivity contribution in [2.75, 3.05) is 6.61 Å². The molecule has 8 N–H and O–H groups in total. The van der Waals surface area contributed by atoms with E-state index in [9.17, 15) is 30.3 Å². The van der Waals surface area contributed by atoms with Crippen LogP contribution in [0, 0.1) is 0 Å². The maximum absolute atomic E-state index is 11.3. The van der Waals surface area contributed by atoms with Crippen LogP contribution in [0.3, 0.4) is 0 Å². The molecule has 11 nitrogen and oxygen atoms in total. The number of aliphatic hydroxyl groups is 5. The van der Waals surface area contributed by atoms with Gasteiger partial charge in [-0.3, -0.25) is 0 Å². The molecule has 0 saturated carbocycles. The highest BCUT2D eigenvalue weighted by molar-refractivity contribution is 5.73. The Morgan fingerprint density at radius 3 is 2.25 bits per heavy atom. The van der Waals surface area contributed by atoms with Crippen molar-refractivity contribution in [2.24, 2.45) is 5.73 Å². The number of aliphatic hydroxyl groups excluding tert-OH is 5. The van der Waals surface area contributed by atoms with Gasteiger partial charge in [0.05, 0.1) is 18.8 Å². The van der Waals surface area contributed by atoms with Crippen LogP contribution in [0.2, 0.25) is 0 Å². The molecule has 2 fully saturated rings. The monoisotopic (exact) mass is 353 g/mol. The van der Waals surface area contributed by atoms with Gasteiger partial charge in [0.1, 0.15) is 36.6 Å². The molecular weight excluding hydrogens is 330 g/mol. The zero-order valence-electron chi connectivity index (χ0n) is 12.9. The summed E-state index contributed by atoms with van der Waals surface area (Å²) in [4.78, 5) is 11.3. The number of aliphatic carboxylic acids is 1. The van der Waals surface area contributed by atoms with E-state index in [1.807, 2.05) is 0 Å². The number of hydrogen-bond donors (Lipinski definition) is 7. The summed E-state index contributed by atoms with van der Waals surface area (Å²) in [6, 6.07) is -1.28. The van der Waals surface area contributed by atoms with Crippen molar-refractivity contribution in [1.82, 2.24) is 0 Å². The summed E-state index contributed by atoms with van der Waals surface area (Å²) >= 11 is 0. The first-order valence-corrected chi connectivity index (χ1v) is 7.47. The minimum Gasteiger partial charge on any atom is -0.479 e. The van der Waals surface area contributed by atoms with Crippen LogP contribution in [-0.2, 0) is 19.0 Å². The number of ether oxygens (including phenoxy) is 3. The molecule has 0 spiro atoms. The molecule has 2 saturated heterocycles. The summed E-state index contributed by atoms with van der Waals surface area (Å²) in [6.45, 7) is 0.751. The van der Waals surface area contributed by atoms with E-state index >= 15 is 0 Å². The van der Waals surface area contributed by atoms with Crippen molar-refractivity contribution in [1.29, 1.82) is 0 Å². The molecule has 11 heteroatoms. The predicted molar refractivity (Wildman–Crippen MR) is 74.6 cm³/mol. The Labute approximate surface area is 137 Å². The fraction of sp³-hybridized carbons (Fsp3) is 0.923. The average Bonchev–Trinajstić information content (AvgIpc) is 2.54. The van der Waals surface area contributed by atoms with E-state index < -0.39 is 73.7 Å². The molecule has 0 bridgehead atoms. The van der Waals surface area contributed by atoms with E-state index in [1.165, 1.54) is 6.92 Å². The molecule has 2 rings (SSSR count). The first-order chi connectivity index (χ1) is 11.2. The SMILES string of the molecule is CC1OC(C(=O)O)C(OC2OC(CO)C(O)C(O)C2N)C(O)C1O. The fourth-order valence-electron chi connectivity index (χ4n) is 2.77. The number of carboxylic acids is 1. The first kappa shape index (κ1) is 19.4. The van der Waals surface area contributed by atoms with Crippen LogP contribution < -0.4 is 5.73 Å². The van der Waals surface area contributed by atoms with Gasteiger partial charge in [0.2, 0.25) is 0 Å². The van der Waals surface area contributed by atoms with Gasteiger partial charge in [-0.25, -0.2) is 4.79 Å². The third-order valence-electron chi connectivity index (χ3n) is 4.29. The van der Waals surface area contributed by atoms with E-state index in [-0.39, 0.29) is 0 Å². The number of rotatable bonds is 4. The largest absolute Gasteiger partial charge is 0.479 e. The van der Waals surface area contributed by atoms with Gasteiger partial charge in [0, 0.05) is 0 Å². The van der Waals surface area contributed by atoms with E-state index in [0.717, 1.165) is 0 Å². The van der Waals surface area contributed by atoms with Gasteiger partial charge in [-0.15, -0.1) is 0 Å². The third-order valence-corrected chi connectivity index (χ3v) is 4.29. The molecule has 2 heterocycles. The summed E-state index contributed by atoms with van der Waals surface area (Å²) in [7, 11) is 0. The zero-order valence-corrected chi connectivity index (χ0v) is 12.9. The second-order valence-electron chi connectivity index (χ2n) is 5.97. The molecule has 0 aromatic heterocycles. The standard InChI is InChI=1S/C13H23NO10/c1-3-6(16)9(19)10(11(22-3)12(20)21)24-13-5(14)8(18)7(17)4(2-15)23-13/h3-11,13,15-19H,2,14H2,1H3,(H,20,21). The van der Waals surface area contributed by atoms with Crippen molar-refractivity contribution >= 4 is 5.97 Å². The summed E-state index contributed by atoms with van der Waals surface area (Å²) in [5.41, 5.74) is 5.70. The highest BCUT2D eigenvalue weighted by Crippen LogP contribution is 2.28. The number of hydrogen-bond acceptors (Lipinski definition) is 10. The minimum atomic E-state index is -1.61. The lowest BCUT2D eigenvalue weighted by atomic mass is 9.94. The van der Waals surface area contributed by atoms with Crippen LogP contribution in [0.5, 0.6) is 0 Å². The maximum atomic E-state index is 11.3. The van der Waals surface area contributed by atoms with Crippen molar-refractivity contribution in [3.63, 3.8) is 0 Å². The summed E-state index contributed by atoms with van der Waals surface area (Å²) < 4.78 is 15.7. The van der Waals surface area contributed by atoms with E-state index in [1.54, 1.807) is 0 Å². The molecule has 0 amide bonds. The van der Waals surface area contributed by atoms with Gasteiger partial charge in [-0.2, -0.15) is 0 Å². The maximum Gasteiger partial charge on any atom is 0.335 e. The highest BCUT2D eigenvalue weighted by atomic mass is 16.7. The lowest BCUT2D eigenvalue weighted by molar-refractivity contribution is -0.315. The molecule has 140 valence electrons. The zero-order chi connectivity index (χ0) is 18.2. The lowest BCUT2D eigenvalue weighted by Gasteiger charge is -2.45. The van der Waals surface area contributed by atoms with Crippen LogP contribution in [-0.4, -0.2) is 104 Å². The molecule has 24 heavy (non-hydrogen) atoms. The van der Waals surface area contributed by atoms with Gasteiger partial charge in [0.25, 0.3) is 0 Å². The van der Waals surface area contributed by atoms with E-state index in [2.05, 4.69) is 0 Å². The Balaban J connectivity index is 2.18. The van der Waals surface area contributed by atoms with E-state index in [0.29, 0.717) is 0 Å². The van der Waals surface area contributed by atoms with Gasteiger partial charge in [0.15, 0.2) is 12.4 Å². The van der Waals surface area contributed by atoms with Gasteiger partial charge in [-0.1, -0.05) is 0 Å². The Morgan fingerprint density at radius 2 is 1.71 bits per heavy atom. The molecule has 0 aromatic rings. The Morgan fingerprint density at radius 1 is 1.08 bits per heavy atom. The first-order valence-electron chi connectivity index (χ1n) is 7.47. The summed E-state index contributed by atoms with van der Waals surface area (Å²) in [5, 5.41) is 57.9. The molecule has 10 unspecified atom stereocenters. The fourth-order valence-corrected chi connectivity index (χ4v) is 2.77. The molecule has 2 aliphatic heterocycles. The van der Waals surface area contributed by atoms with Crippen molar-refractivity contribution < 1.29 is 49.6 Å².